The number of hydrogen-bond acceptors (Lipinski definition) is 3. The molecule has 0 aromatic heterocycles. The molecule has 2 aromatic carbocycles. The van der Waals surface area contributed by atoms with Crippen LogP contribution >= 0.6 is 0 Å². The van der Waals surface area contributed by atoms with Crippen LogP contribution in [0.5, 0.6) is 5.75 Å². The molecule has 1 unspecified atom stereocenters. The Kier molecular flexibility index (Phi) is 4.81. The minimum atomic E-state index is -0.405. The van der Waals surface area contributed by atoms with Crippen molar-refractivity contribution in [1.82, 2.24) is 5.32 Å². The van der Waals surface area contributed by atoms with Crippen molar-refractivity contribution < 1.29 is 13.9 Å². The van der Waals surface area contributed by atoms with Gasteiger partial charge in [-0.3, -0.25) is 4.79 Å². The number of amides is 1. The van der Waals surface area contributed by atoms with Gasteiger partial charge in [-0.2, -0.15) is 0 Å². The second-order valence-electron chi connectivity index (χ2n) is 5.98. The standard InChI is InChI=1S/C19H21FN2O2/c1-12(13-4-3-5-15(10-13)24-2)19(23)22-17-7-6-14-11-21-9-8-16(14)18(17)20/h3-7,10,12,21H,8-9,11H2,1-2H3,(H,22,23). The number of carbonyl (C=O) groups is 1. The topological polar surface area (TPSA) is 50.4 Å². The predicted molar refractivity (Wildman–Crippen MR) is 91.8 cm³/mol. The summed E-state index contributed by atoms with van der Waals surface area (Å²) in [5.74, 6) is -0.270. The van der Waals surface area contributed by atoms with E-state index in [0.717, 1.165) is 17.7 Å². The molecule has 0 radical (unpaired) electrons. The third-order valence-corrected chi connectivity index (χ3v) is 4.45. The lowest BCUT2D eigenvalue weighted by molar-refractivity contribution is -0.117. The minimum Gasteiger partial charge on any atom is -0.497 e. The molecule has 24 heavy (non-hydrogen) atoms. The normalized spacial score (nSPS) is 14.6. The third-order valence-electron chi connectivity index (χ3n) is 4.45. The van der Waals surface area contributed by atoms with Crippen molar-refractivity contribution in [2.24, 2.45) is 0 Å². The number of carbonyl (C=O) groups excluding carboxylic acids is 1. The minimum absolute atomic E-state index is 0.240. The van der Waals surface area contributed by atoms with E-state index in [4.69, 9.17) is 4.74 Å². The summed E-state index contributed by atoms with van der Waals surface area (Å²) in [5, 5.41) is 5.93. The Morgan fingerprint density at radius 1 is 1.33 bits per heavy atom. The number of anilines is 1. The average molecular weight is 328 g/mol. The van der Waals surface area contributed by atoms with Crippen molar-refractivity contribution in [3.8, 4) is 5.75 Å². The Hall–Kier alpha value is -2.40. The molecule has 126 valence electrons. The van der Waals surface area contributed by atoms with Gasteiger partial charge in [0.2, 0.25) is 5.91 Å². The summed E-state index contributed by atoms with van der Waals surface area (Å²) in [6.45, 7) is 3.21. The van der Waals surface area contributed by atoms with Crippen molar-refractivity contribution in [1.29, 1.82) is 0 Å². The number of ether oxygens (including phenoxy) is 1. The number of methoxy groups -OCH3 is 1. The zero-order chi connectivity index (χ0) is 17.1. The van der Waals surface area contributed by atoms with Crippen LogP contribution in [0.4, 0.5) is 10.1 Å². The number of benzene rings is 2. The molecular weight excluding hydrogens is 307 g/mol. The number of nitrogens with one attached hydrogen (secondary N) is 2. The Labute approximate surface area is 141 Å². The van der Waals surface area contributed by atoms with Crippen molar-refractivity contribution in [2.75, 3.05) is 19.0 Å². The molecule has 0 aliphatic carbocycles. The van der Waals surface area contributed by atoms with E-state index in [1.54, 1.807) is 20.1 Å². The molecule has 0 saturated carbocycles. The third kappa shape index (κ3) is 3.26. The first-order valence-electron chi connectivity index (χ1n) is 8.06. The van der Waals surface area contributed by atoms with E-state index >= 15 is 0 Å². The molecule has 1 heterocycles. The Morgan fingerprint density at radius 2 is 2.17 bits per heavy atom. The fourth-order valence-corrected chi connectivity index (χ4v) is 2.93. The highest BCUT2D eigenvalue weighted by atomic mass is 19.1. The van der Waals surface area contributed by atoms with Crippen LogP contribution in [0.2, 0.25) is 0 Å². The molecule has 0 spiro atoms. The van der Waals surface area contributed by atoms with E-state index in [1.165, 1.54) is 0 Å². The van der Waals surface area contributed by atoms with Gasteiger partial charge in [0.05, 0.1) is 18.7 Å². The molecule has 1 atom stereocenters. The van der Waals surface area contributed by atoms with Crippen molar-refractivity contribution >= 4 is 11.6 Å². The highest BCUT2D eigenvalue weighted by Crippen LogP contribution is 2.27. The molecule has 2 N–H and O–H groups in total. The molecule has 5 heteroatoms. The van der Waals surface area contributed by atoms with Crippen molar-refractivity contribution in [3.05, 3.63) is 58.9 Å². The van der Waals surface area contributed by atoms with E-state index in [2.05, 4.69) is 10.6 Å². The fraction of sp³-hybridized carbons (Fsp3) is 0.316. The number of hydrogen-bond donors (Lipinski definition) is 2. The molecule has 3 rings (SSSR count). The van der Waals surface area contributed by atoms with Gasteiger partial charge in [-0.05, 0) is 54.8 Å². The molecule has 1 aliphatic rings. The molecule has 0 bridgehead atoms. The summed E-state index contributed by atoms with van der Waals surface area (Å²) >= 11 is 0. The Bertz CT molecular complexity index is 761. The van der Waals surface area contributed by atoms with Crippen LogP contribution < -0.4 is 15.4 Å². The maximum absolute atomic E-state index is 14.6. The molecule has 0 saturated heterocycles. The van der Waals surface area contributed by atoms with Gasteiger partial charge in [-0.1, -0.05) is 18.2 Å². The van der Waals surface area contributed by atoms with Gasteiger partial charge >= 0.3 is 0 Å². The van der Waals surface area contributed by atoms with Gasteiger partial charge in [0, 0.05) is 6.54 Å². The lowest BCUT2D eigenvalue weighted by Crippen LogP contribution is -2.26. The summed E-state index contributed by atoms with van der Waals surface area (Å²) in [4.78, 5) is 12.5. The van der Waals surface area contributed by atoms with Crippen LogP contribution in [0, 0.1) is 5.82 Å². The summed E-state index contributed by atoms with van der Waals surface area (Å²) in [6, 6.07) is 10.9. The monoisotopic (exact) mass is 328 g/mol. The van der Waals surface area contributed by atoms with Crippen LogP contribution in [-0.4, -0.2) is 19.6 Å². The summed E-state index contributed by atoms with van der Waals surface area (Å²) in [6.07, 6.45) is 0.635. The van der Waals surface area contributed by atoms with Crippen LogP contribution in [0.1, 0.15) is 29.5 Å². The van der Waals surface area contributed by atoms with Gasteiger partial charge in [0.1, 0.15) is 11.6 Å². The zero-order valence-corrected chi connectivity index (χ0v) is 13.9. The van der Waals surface area contributed by atoms with Crippen LogP contribution in [0.15, 0.2) is 36.4 Å². The van der Waals surface area contributed by atoms with E-state index in [1.807, 2.05) is 30.3 Å². The van der Waals surface area contributed by atoms with Crippen molar-refractivity contribution in [2.45, 2.75) is 25.8 Å². The number of fused-ring (bicyclic) bond motifs is 1. The molecule has 4 nitrogen and oxygen atoms in total. The largest absolute Gasteiger partial charge is 0.497 e. The van der Waals surface area contributed by atoms with Crippen LogP contribution in [0.3, 0.4) is 0 Å². The highest BCUT2D eigenvalue weighted by Gasteiger charge is 2.20. The first-order chi connectivity index (χ1) is 11.6. The molecule has 0 fully saturated rings. The average Bonchev–Trinajstić information content (AvgIpc) is 2.63. The van der Waals surface area contributed by atoms with Gasteiger partial charge in [0.15, 0.2) is 0 Å². The highest BCUT2D eigenvalue weighted by molar-refractivity contribution is 5.95. The maximum atomic E-state index is 14.6. The first kappa shape index (κ1) is 16.5. The smallest absolute Gasteiger partial charge is 0.231 e. The lowest BCUT2D eigenvalue weighted by Gasteiger charge is -2.20. The SMILES string of the molecule is COc1cccc(C(C)C(=O)Nc2ccc3c(c2F)CCNC3)c1. The molecular formula is C19H21FN2O2. The summed E-state index contributed by atoms with van der Waals surface area (Å²) in [5.41, 5.74) is 2.72. The number of halogens is 1. The second kappa shape index (κ2) is 7.01. The molecule has 1 aliphatic heterocycles. The summed E-state index contributed by atoms with van der Waals surface area (Å²) in [7, 11) is 1.58. The molecule has 1 amide bonds. The fourth-order valence-electron chi connectivity index (χ4n) is 2.93. The van der Waals surface area contributed by atoms with Crippen LogP contribution in [-0.2, 0) is 17.8 Å². The second-order valence-corrected chi connectivity index (χ2v) is 5.98. The van der Waals surface area contributed by atoms with Crippen LogP contribution in [0.25, 0.3) is 0 Å². The lowest BCUT2D eigenvalue weighted by atomic mass is 9.98. The Balaban J connectivity index is 1.79. The Morgan fingerprint density at radius 3 is 2.96 bits per heavy atom. The quantitative estimate of drug-likeness (QED) is 0.906. The summed E-state index contributed by atoms with van der Waals surface area (Å²) < 4.78 is 19.8. The van der Waals surface area contributed by atoms with E-state index in [0.29, 0.717) is 24.3 Å². The van der Waals surface area contributed by atoms with Gasteiger partial charge in [-0.25, -0.2) is 4.39 Å². The van der Waals surface area contributed by atoms with Gasteiger partial charge in [0.25, 0.3) is 0 Å². The zero-order valence-electron chi connectivity index (χ0n) is 13.9. The van der Waals surface area contributed by atoms with E-state index in [-0.39, 0.29) is 17.4 Å². The van der Waals surface area contributed by atoms with E-state index in [9.17, 15) is 9.18 Å². The number of rotatable bonds is 4. The molecule has 2 aromatic rings. The first-order valence-corrected chi connectivity index (χ1v) is 8.06. The van der Waals surface area contributed by atoms with Crippen molar-refractivity contribution in [3.63, 3.8) is 0 Å². The maximum Gasteiger partial charge on any atom is 0.231 e. The van der Waals surface area contributed by atoms with E-state index < -0.39 is 5.92 Å². The predicted octanol–water partition coefficient (Wildman–Crippen LogP) is 3.22. The van der Waals surface area contributed by atoms with Gasteiger partial charge < -0.3 is 15.4 Å². The van der Waals surface area contributed by atoms with Gasteiger partial charge in [-0.15, -0.1) is 0 Å².